The van der Waals surface area contributed by atoms with Crippen LogP contribution >= 0.6 is 0 Å². The summed E-state index contributed by atoms with van der Waals surface area (Å²) in [4.78, 5) is 36.7. The van der Waals surface area contributed by atoms with E-state index >= 15 is 0 Å². The van der Waals surface area contributed by atoms with Crippen LogP contribution in [0.15, 0.2) is 0 Å². The lowest BCUT2D eigenvalue weighted by molar-refractivity contribution is -0.375. The molecule has 5 saturated heterocycles. The first-order valence-corrected chi connectivity index (χ1v) is 20.0. The highest BCUT2D eigenvalue weighted by atomic mass is 16.8. The fourth-order valence-corrected chi connectivity index (χ4v) is 7.99. The molecule has 29 nitrogen and oxygen atoms in total. The highest BCUT2D eigenvalue weighted by Gasteiger charge is 2.60. The van der Waals surface area contributed by atoms with Gasteiger partial charge in [-0.15, -0.1) is 0 Å². The molecule has 5 rings (SSSR count). The zero-order chi connectivity index (χ0) is 47.5. The largest absolute Gasteiger partial charge is 0.477 e. The van der Waals surface area contributed by atoms with E-state index in [4.69, 9.17) is 42.6 Å². The van der Waals surface area contributed by atoms with Crippen LogP contribution in [0.5, 0.6) is 0 Å². The number of hydrogen-bond donors (Lipinski definition) is 17. The zero-order valence-corrected chi connectivity index (χ0v) is 33.7. The molecular formula is C35H57NO28. The first-order chi connectivity index (χ1) is 30.2. The lowest BCUT2D eigenvalue weighted by Crippen LogP contribution is -2.70. The third-order valence-corrected chi connectivity index (χ3v) is 11.5. The van der Waals surface area contributed by atoms with Crippen LogP contribution in [0, 0.1) is 0 Å². The molecule has 5 heterocycles. The molecule has 0 aromatic carbocycles. The Bertz CT molecular complexity index is 1530. The van der Waals surface area contributed by atoms with Gasteiger partial charge < -0.3 is 134 Å². The molecule has 0 aromatic rings. The molecule has 0 aliphatic carbocycles. The van der Waals surface area contributed by atoms with Gasteiger partial charge in [0, 0.05) is 13.3 Å². The lowest BCUT2D eigenvalue weighted by Gasteiger charge is -2.50. The first-order valence-electron chi connectivity index (χ1n) is 20.0. The molecule has 5 fully saturated rings. The van der Waals surface area contributed by atoms with E-state index in [9.17, 15) is 96.1 Å². The van der Waals surface area contributed by atoms with Crippen molar-refractivity contribution in [2.24, 2.45) is 0 Å². The average Bonchev–Trinajstić information content (AvgIpc) is 3.57. The maximum absolute atomic E-state index is 12.8. The minimum atomic E-state index is -3.13. The van der Waals surface area contributed by atoms with Gasteiger partial charge in [-0.1, -0.05) is 0 Å². The van der Waals surface area contributed by atoms with Gasteiger partial charge in [-0.3, -0.25) is 4.79 Å². The number of carbonyl (C=O) groups is 3. The van der Waals surface area contributed by atoms with E-state index in [0.717, 1.165) is 6.92 Å². The van der Waals surface area contributed by atoms with Gasteiger partial charge in [-0.05, 0) is 0 Å². The van der Waals surface area contributed by atoms with Gasteiger partial charge >= 0.3 is 5.97 Å². The average molecular weight is 940 g/mol. The summed E-state index contributed by atoms with van der Waals surface area (Å²) in [5, 5.41) is 170. The number of amides is 1. The van der Waals surface area contributed by atoms with E-state index in [1.807, 2.05) is 0 Å². The molecule has 0 spiro atoms. The summed E-state index contributed by atoms with van der Waals surface area (Å²) in [5.74, 6) is -5.96. The fourth-order valence-electron chi connectivity index (χ4n) is 7.99. The summed E-state index contributed by atoms with van der Waals surface area (Å²) in [7, 11) is 0. The fraction of sp³-hybridized carbons (Fsp3) is 0.914. The van der Waals surface area contributed by atoms with Crippen molar-refractivity contribution < 1.29 is 139 Å². The quantitative estimate of drug-likeness (QED) is 0.0567. The number of ether oxygens (including phenoxy) is 9. The molecule has 0 bridgehead atoms. The van der Waals surface area contributed by atoms with E-state index < -0.39 is 204 Å². The molecule has 0 saturated carbocycles. The predicted octanol–water partition coefficient (Wildman–Crippen LogP) is -11.7. The van der Waals surface area contributed by atoms with Crippen LogP contribution in [-0.2, 0) is 57.0 Å². The lowest BCUT2D eigenvalue weighted by atomic mass is 9.88. The molecule has 1 amide bonds. The number of rotatable bonds is 18. The number of aliphatic hydroxyl groups is 15. The molecule has 17 N–H and O–H groups in total. The first kappa shape index (κ1) is 52.6. The Hall–Kier alpha value is -2.35. The van der Waals surface area contributed by atoms with Gasteiger partial charge in [0.25, 0.3) is 5.79 Å². The van der Waals surface area contributed by atoms with Gasteiger partial charge in [-0.2, -0.15) is 0 Å². The van der Waals surface area contributed by atoms with E-state index in [2.05, 4.69) is 5.32 Å². The minimum Gasteiger partial charge on any atom is -0.477 e. The smallest absolute Gasteiger partial charge is 0.364 e. The number of carbonyl (C=O) groups excluding carboxylic acids is 2. The van der Waals surface area contributed by atoms with Gasteiger partial charge in [-0.25, -0.2) is 4.79 Å². The van der Waals surface area contributed by atoms with Crippen LogP contribution in [0.2, 0.25) is 0 Å². The Morgan fingerprint density at radius 2 is 1.23 bits per heavy atom. The van der Waals surface area contributed by atoms with Crippen molar-refractivity contribution in [3.63, 3.8) is 0 Å². The summed E-state index contributed by atoms with van der Waals surface area (Å²) in [6, 6.07) is -1.62. The van der Waals surface area contributed by atoms with Crippen molar-refractivity contribution in [3.05, 3.63) is 0 Å². The van der Waals surface area contributed by atoms with E-state index in [1.54, 1.807) is 0 Å². The van der Waals surface area contributed by atoms with E-state index in [1.165, 1.54) is 0 Å². The van der Waals surface area contributed by atoms with E-state index in [0.29, 0.717) is 0 Å². The van der Waals surface area contributed by atoms with Gasteiger partial charge in [0.05, 0.1) is 45.2 Å². The molecular weight excluding hydrogens is 882 g/mol. The molecule has 29 heteroatoms. The Morgan fingerprint density at radius 1 is 0.688 bits per heavy atom. The summed E-state index contributed by atoms with van der Waals surface area (Å²) in [6.07, 6.45) is -44.6. The molecule has 370 valence electrons. The predicted molar refractivity (Wildman–Crippen MR) is 193 cm³/mol. The summed E-state index contributed by atoms with van der Waals surface area (Å²) < 4.78 is 50.0. The number of nitrogens with one attached hydrogen (secondary N) is 1. The Morgan fingerprint density at radius 3 is 1.78 bits per heavy atom. The second-order valence-corrected chi connectivity index (χ2v) is 15.9. The van der Waals surface area contributed by atoms with Crippen molar-refractivity contribution in [2.75, 3.05) is 33.0 Å². The van der Waals surface area contributed by atoms with Gasteiger partial charge in [0.15, 0.2) is 25.2 Å². The van der Waals surface area contributed by atoms with Crippen LogP contribution in [0.4, 0.5) is 0 Å². The van der Waals surface area contributed by atoms with Crippen LogP contribution in [0.25, 0.3) is 0 Å². The topological polar surface area (TPSA) is 470 Å². The third-order valence-electron chi connectivity index (χ3n) is 11.5. The molecule has 0 aromatic heterocycles. The number of aldehydes is 1. The Labute approximate surface area is 361 Å². The molecule has 5 aliphatic heterocycles. The highest BCUT2D eigenvalue weighted by Crippen LogP contribution is 2.39. The second kappa shape index (κ2) is 22.2. The molecule has 5 aliphatic rings. The van der Waals surface area contributed by atoms with E-state index in [-0.39, 0.29) is 6.29 Å². The monoisotopic (exact) mass is 939 g/mol. The highest BCUT2D eigenvalue weighted by molar-refractivity contribution is 5.76. The number of carboxylic acids is 1. The van der Waals surface area contributed by atoms with Crippen molar-refractivity contribution in [1.82, 2.24) is 5.32 Å². The van der Waals surface area contributed by atoms with Gasteiger partial charge in [0.1, 0.15) is 116 Å². The summed E-state index contributed by atoms with van der Waals surface area (Å²) in [5.41, 5.74) is 0. The molecule has 0 unspecified atom stereocenters. The third kappa shape index (κ3) is 10.8. The van der Waals surface area contributed by atoms with Crippen molar-refractivity contribution in [1.29, 1.82) is 0 Å². The number of aliphatic hydroxyl groups excluding tert-OH is 15. The second-order valence-electron chi connectivity index (χ2n) is 15.9. The van der Waals surface area contributed by atoms with Crippen LogP contribution < -0.4 is 5.32 Å². The Balaban J connectivity index is 1.32. The molecule has 0 radical (unpaired) electrons. The Kier molecular flexibility index (Phi) is 18.2. The minimum absolute atomic E-state index is 0.152. The SMILES string of the molecule is CC(=O)N[C@H]1[C@H]([C@H](O)[C@H](O)CO)O[C@@](O[C@H]2[C@@H](O)[C@@H](CO)O[C@@H](O[C@H]3[C@H](O)[C@@H](C=O)O[C@@H]3CO[C@@H]3O[C@H](CO)[C@@H](O[C@@H]4O[C@H](CO)[C@H](O)[C@H](O)[C@H]4O)[C@H](O)[C@H]3O)[C@@H]2O)(C(=O)O)C[C@@H]1O. The summed E-state index contributed by atoms with van der Waals surface area (Å²) >= 11 is 0. The van der Waals surface area contributed by atoms with Crippen molar-refractivity contribution >= 4 is 18.2 Å². The maximum atomic E-state index is 12.8. The number of carboxylic acid groups (broad SMARTS) is 1. The standard InChI is InChI=1S/C35H57NO28/c1-9(42)36-17-10(43)2-35(34(54)55,63-29(17)18(45)11(44)3-37)64-30-21(48)14(6-40)59-33(26(30)53)62-28-16(57-13(5-39)20(28)47)8-56-31-25(52)23(50)27(15(7-41)60-31)61-32-24(51)22(49)19(46)12(4-38)58-32/h5,10-33,37-38,40-41,43-53H,2-4,6-8H2,1H3,(H,36,42)(H,54,55)/t10-,11+,12+,13+,14+,15+,16+,17+,18+,19-,20+,21-,22-,23+,24+,25+,26+,27+,28+,29+,30-,31+,32-,33-,35-/m0/s1. The number of aliphatic carboxylic acids is 1. The molecule has 64 heavy (non-hydrogen) atoms. The van der Waals surface area contributed by atoms with Gasteiger partial charge in [0.2, 0.25) is 5.91 Å². The zero-order valence-electron chi connectivity index (χ0n) is 33.7. The number of hydrogen-bond acceptors (Lipinski definition) is 27. The summed E-state index contributed by atoms with van der Waals surface area (Å²) in [6.45, 7) is -3.71. The van der Waals surface area contributed by atoms with Crippen molar-refractivity contribution in [3.8, 4) is 0 Å². The normalized spacial score (nSPS) is 47.4. The van der Waals surface area contributed by atoms with Crippen molar-refractivity contribution in [2.45, 2.75) is 166 Å². The van der Waals surface area contributed by atoms with Crippen LogP contribution in [-0.4, -0.2) is 286 Å². The van der Waals surface area contributed by atoms with Crippen LogP contribution in [0.1, 0.15) is 13.3 Å². The maximum Gasteiger partial charge on any atom is 0.364 e. The van der Waals surface area contributed by atoms with Crippen LogP contribution in [0.3, 0.4) is 0 Å². The molecule has 25 atom stereocenters.